The number of benzene rings is 3. The van der Waals surface area contributed by atoms with E-state index in [1.807, 2.05) is 42.5 Å². The molecule has 0 atom stereocenters. The summed E-state index contributed by atoms with van der Waals surface area (Å²) in [5.74, 6) is 0.253. The zero-order valence-corrected chi connectivity index (χ0v) is 14.7. The Kier molecular flexibility index (Phi) is 4.26. The van der Waals surface area contributed by atoms with Crippen LogP contribution >= 0.6 is 38.5 Å². The smallest absolute Gasteiger partial charge is 0.137 e. The standard InChI is InChI=1S/C17H11BrINO/c18-13-8-12(17(21)15(19)9-13)10-20-16-7-3-5-11-4-1-2-6-14(11)16/h1-10,21H. The summed E-state index contributed by atoms with van der Waals surface area (Å²) in [5.41, 5.74) is 1.59. The highest BCUT2D eigenvalue weighted by Gasteiger charge is 2.05. The van der Waals surface area contributed by atoms with Crippen LogP contribution < -0.4 is 0 Å². The Bertz CT molecular complexity index is 840. The van der Waals surface area contributed by atoms with Gasteiger partial charge in [0.1, 0.15) is 5.75 Å². The minimum Gasteiger partial charge on any atom is -0.506 e. The molecule has 104 valence electrons. The summed E-state index contributed by atoms with van der Waals surface area (Å²) >= 11 is 5.54. The highest BCUT2D eigenvalue weighted by atomic mass is 127. The maximum atomic E-state index is 10.1. The second-order valence-electron chi connectivity index (χ2n) is 4.58. The van der Waals surface area contributed by atoms with Gasteiger partial charge in [-0.3, -0.25) is 4.99 Å². The molecule has 1 N–H and O–H groups in total. The number of aliphatic imine (C=N–C) groups is 1. The quantitative estimate of drug-likeness (QED) is 0.395. The minimum absolute atomic E-state index is 0.253. The number of hydrogen-bond acceptors (Lipinski definition) is 2. The zero-order chi connectivity index (χ0) is 14.8. The Balaban J connectivity index is 2.06. The fourth-order valence-electron chi connectivity index (χ4n) is 2.14. The lowest BCUT2D eigenvalue weighted by molar-refractivity contribution is 0.470. The lowest BCUT2D eigenvalue weighted by atomic mass is 10.1. The maximum absolute atomic E-state index is 10.1. The molecule has 0 aliphatic carbocycles. The molecule has 0 saturated heterocycles. The van der Waals surface area contributed by atoms with Gasteiger partial charge in [0.2, 0.25) is 0 Å². The lowest BCUT2D eigenvalue weighted by Crippen LogP contribution is -1.86. The first-order chi connectivity index (χ1) is 10.1. The molecule has 0 radical (unpaired) electrons. The second-order valence-corrected chi connectivity index (χ2v) is 6.66. The lowest BCUT2D eigenvalue weighted by Gasteiger charge is -2.04. The average Bonchev–Trinajstić information content (AvgIpc) is 2.49. The first-order valence-corrected chi connectivity index (χ1v) is 8.22. The van der Waals surface area contributed by atoms with E-state index in [1.165, 1.54) is 0 Å². The van der Waals surface area contributed by atoms with Crippen LogP contribution in [0, 0.1) is 3.57 Å². The van der Waals surface area contributed by atoms with E-state index < -0.39 is 0 Å². The molecule has 0 heterocycles. The summed E-state index contributed by atoms with van der Waals surface area (Å²) < 4.78 is 1.71. The van der Waals surface area contributed by atoms with Gasteiger partial charge in [0.25, 0.3) is 0 Å². The zero-order valence-electron chi connectivity index (χ0n) is 10.9. The molecule has 0 amide bonds. The van der Waals surface area contributed by atoms with E-state index in [9.17, 15) is 5.11 Å². The fourth-order valence-corrected chi connectivity index (χ4v) is 3.69. The van der Waals surface area contributed by atoms with Crippen molar-refractivity contribution in [1.82, 2.24) is 0 Å². The first-order valence-electron chi connectivity index (χ1n) is 6.35. The summed E-state index contributed by atoms with van der Waals surface area (Å²) in [4.78, 5) is 4.54. The third-order valence-electron chi connectivity index (χ3n) is 3.17. The normalized spacial score (nSPS) is 11.3. The summed E-state index contributed by atoms with van der Waals surface area (Å²) in [6, 6.07) is 17.9. The first kappa shape index (κ1) is 14.5. The molecule has 3 aromatic rings. The van der Waals surface area contributed by atoms with Crippen molar-refractivity contribution in [3.63, 3.8) is 0 Å². The second kappa shape index (κ2) is 6.15. The number of aromatic hydroxyl groups is 1. The summed E-state index contributed by atoms with van der Waals surface area (Å²) in [7, 11) is 0. The number of phenols is 1. The molecule has 0 aliphatic heterocycles. The van der Waals surface area contributed by atoms with Gasteiger partial charge in [-0.15, -0.1) is 0 Å². The molecule has 2 nitrogen and oxygen atoms in total. The monoisotopic (exact) mass is 451 g/mol. The molecule has 21 heavy (non-hydrogen) atoms. The van der Waals surface area contributed by atoms with Gasteiger partial charge in [-0.05, 0) is 46.2 Å². The van der Waals surface area contributed by atoms with Crippen molar-refractivity contribution in [3.05, 3.63) is 68.2 Å². The molecule has 4 heteroatoms. The van der Waals surface area contributed by atoms with Crippen LogP contribution in [-0.4, -0.2) is 11.3 Å². The van der Waals surface area contributed by atoms with Gasteiger partial charge >= 0.3 is 0 Å². The van der Waals surface area contributed by atoms with Crippen molar-refractivity contribution in [1.29, 1.82) is 0 Å². The molecule has 0 aliphatic rings. The SMILES string of the molecule is Oc1c(I)cc(Br)cc1C=Nc1cccc2ccccc12. The molecule has 0 aromatic heterocycles. The van der Waals surface area contributed by atoms with Gasteiger partial charge in [-0.1, -0.05) is 52.3 Å². The summed E-state index contributed by atoms with van der Waals surface area (Å²) in [5, 5.41) is 12.3. The number of phenolic OH excluding ortho intramolecular Hbond substituents is 1. The highest BCUT2D eigenvalue weighted by Crippen LogP contribution is 2.29. The number of fused-ring (bicyclic) bond motifs is 1. The minimum atomic E-state index is 0.253. The third-order valence-corrected chi connectivity index (χ3v) is 4.45. The number of hydrogen-bond donors (Lipinski definition) is 1. The van der Waals surface area contributed by atoms with E-state index in [0.717, 1.165) is 24.5 Å². The van der Waals surface area contributed by atoms with Gasteiger partial charge in [0.15, 0.2) is 0 Å². The predicted octanol–water partition coefficient (Wildman–Crippen LogP) is 5.66. The van der Waals surface area contributed by atoms with Crippen molar-refractivity contribution in [2.24, 2.45) is 4.99 Å². The largest absolute Gasteiger partial charge is 0.506 e. The van der Waals surface area contributed by atoms with Crippen molar-refractivity contribution in [3.8, 4) is 5.75 Å². The Morgan fingerprint density at radius 1 is 1.05 bits per heavy atom. The molecule has 0 saturated carbocycles. The van der Waals surface area contributed by atoms with Crippen LogP contribution in [0.5, 0.6) is 5.75 Å². The molecule has 0 bridgehead atoms. The van der Waals surface area contributed by atoms with Crippen molar-refractivity contribution in [2.45, 2.75) is 0 Å². The van der Waals surface area contributed by atoms with E-state index in [-0.39, 0.29) is 5.75 Å². The Morgan fingerprint density at radius 2 is 1.81 bits per heavy atom. The number of halogens is 2. The van der Waals surface area contributed by atoms with Crippen molar-refractivity contribution >= 4 is 61.2 Å². The predicted molar refractivity (Wildman–Crippen MR) is 99.7 cm³/mol. The molecule has 0 unspecified atom stereocenters. The molecule has 0 fully saturated rings. The number of rotatable bonds is 2. The summed E-state index contributed by atoms with van der Waals surface area (Å²) in [6.07, 6.45) is 1.70. The van der Waals surface area contributed by atoms with Crippen LogP contribution in [0.15, 0.2) is 64.1 Å². The van der Waals surface area contributed by atoms with Gasteiger partial charge in [0, 0.05) is 21.6 Å². The van der Waals surface area contributed by atoms with Crippen LogP contribution in [-0.2, 0) is 0 Å². The van der Waals surface area contributed by atoms with Crippen LogP contribution in [0.1, 0.15) is 5.56 Å². The third kappa shape index (κ3) is 3.11. The fraction of sp³-hybridized carbons (Fsp3) is 0. The van der Waals surface area contributed by atoms with Gasteiger partial charge < -0.3 is 5.11 Å². The van der Waals surface area contributed by atoms with Gasteiger partial charge in [-0.2, -0.15) is 0 Å². The molecule has 0 spiro atoms. The van der Waals surface area contributed by atoms with E-state index in [0.29, 0.717) is 5.56 Å². The van der Waals surface area contributed by atoms with E-state index in [4.69, 9.17) is 0 Å². The average molecular weight is 452 g/mol. The Labute approximate surface area is 144 Å². The van der Waals surface area contributed by atoms with Crippen LogP contribution in [0.2, 0.25) is 0 Å². The van der Waals surface area contributed by atoms with Crippen LogP contribution in [0.3, 0.4) is 0 Å². The summed E-state index contributed by atoms with van der Waals surface area (Å²) in [6.45, 7) is 0. The Hall–Kier alpha value is -1.40. The topological polar surface area (TPSA) is 32.6 Å². The molecule has 3 aromatic carbocycles. The Morgan fingerprint density at radius 3 is 2.67 bits per heavy atom. The van der Waals surface area contributed by atoms with E-state index in [2.05, 4.69) is 55.6 Å². The van der Waals surface area contributed by atoms with Crippen molar-refractivity contribution in [2.75, 3.05) is 0 Å². The van der Waals surface area contributed by atoms with Crippen LogP contribution in [0.25, 0.3) is 10.8 Å². The van der Waals surface area contributed by atoms with E-state index >= 15 is 0 Å². The maximum Gasteiger partial charge on any atom is 0.137 e. The van der Waals surface area contributed by atoms with Crippen LogP contribution in [0.4, 0.5) is 5.69 Å². The van der Waals surface area contributed by atoms with E-state index in [1.54, 1.807) is 6.21 Å². The molecule has 3 rings (SSSR count). The highest BCUT2D eigenvalue weighted by molar-refractivity contribution is 14.1. The van der Waals surface area contributed by atoms with Gasteiger partial charge in [-0.25, -0.2) is 0 Å². The molecular formula is C17H11BrINO. The molecular weight excluding hydrogens is 441 g/mol. The van der Waals surface area contributed by atoms with Crippen molar-refractivity contribution < 1.29 is 5.11 Å². The van der Waals surface area contributed by atoms with Gasteiger partial charge in [0.05, 0.1) is 9.26 Å². The number of nitrogens with zero attached hydrogens (tertiary/aromatic N) is 1.